The van der Waals surface area contributed by atoms with Gasteiger partial charge in [0.25, 0.3) is 5.91 Å². The summed E-state index contributed by atoms with van der Waals surface area (Å²) in [6.45, 7) is 2.46. The van der Waals surface area contributed by atoms with E-state index in [2.05, 4.69) is 36.4 Å². The molecular weight excluding hydrogens is 408 g/mol. The molecule has 27 heavy (non-hydrogen) atoms. The summed E-state index contributed by atoms with van der Waals surface area (Å²) in [5.41, 5.74) is 3.16. The molecule has 0 saturated carbocycles. The lowest BCUT2D eigenvalue weighted by molar-refractivity contribution is 0.102. The van der Waals surface area contributed by atoms with Gasteiger partial charge >= 0.3 is 0 Å². The molecule has 0 aliphatic rings. The molecule has 7 nitrogen and oxygen atoms in total. The van der Waals surface area contributed by atoms with Crippen LogP contribution in [0.2, 0.25) is 0 Å². The number of benzene rings is 1. The Morgan fingerprint density at radius 2 is 2.11 bits per heavy atom. The third-order valence-electron chi connectivity index (χ3n) is 4.30. The predicted octanol–water partition coefficient (Wildman–Crippen LogP) is 3.54. The van der Waals surface area contributed by atoms with Gasteiger partial charge in [-0.3, -0.25) is 9.48 Å². The molecular formula is C19H17BrN6O. The van der Waals surface area contributed by atoms with Crippen molar-refractivity contribution in [3.63, 3.8) is 0 Å². The topological polar surface area (TPSA) is 77.6 Å². The summed E-state index contributed by atoms with van der Waals surface area (Å²) >= 11 is 3.47. The molecule has 1 N–H and O–H groups in total. The average Bonchev–Trinajstić information content (AvgIpc) is 3.19. The minimum absolute atomic E-state index is 0.233. The van der Waals surface area contributed by atoms with Crippen LogP contribution in [0, 0.1) is 6.92 Å². The number of nitrogens with zero attached hydrogens (tertiary/aromatic N) is 5. The molecule has 3 heterocycles. The highest BCUT2D eigenvalue weighted by Gasteiger charge is 2.14. The van der Waals surface area contributed by atoms with E-state index in [1.807, 2.05) is 44.3 Å². The number of carbonyl (C=O) groups excluding carboxylic acids is 1. The van der Waals surface area contributed by atoms with Crippen LogP contribution in [-0.2, 0) is 13.6 Å². The highest BCUT2D eigenvalue weighted by molar-refractivity contribution is 9.10. The molecule has 0 bridgehead atoms. The van der Waals surface area contributed by atoms with Crippen LogP contribution in [0.4, 0.5) is 5.82 Å². The Balaban J connectivity index is 1.57. The number of halogens is 1. The summed E-state index contributed by atoms with van der Waals surface area (Å²) in [5.74, 6) is 0.395. The maximum absolute atomic E-state index is 12.7. The van der Waals surface area contributed by atoms with E-state index in [-0.39, 0.29) is 5.91 Å². The molecule has 8 heteroatoms. The standard InChI is InChI=1S/C19H17BrN6O/c1-12-16-9-14(10-21-18(16)25(2)24-12)19(27)23-17-6-7-22-26(17)11-13-4-3-5-15(20)8-13/h3-10H,11H2,1-2H3,(H,23,27). The third kappa shape index (κ3) is 3.48. The zero-order chi connectivity index (χ0) is 19.0. The van der Waals surface area contributed by atoms with E-state index in [9.17, 15) is 4.79 Å². The van der Waals surface area contributed by atoms with Gasteiger partial charge in [-0.2, -0.15) is 10.2 Å². The van der Waals surface area contributed by atoms with Crippen molar-refractivity contribution in [3.05, 3.63) is 70.1 Å². The molecule has 0 fully saturated rings. The number of aryl methyl sites for hydroxylation is 2. The lowest BCUT2D eigenvalue weighted by atomic mass is 10.2. The van der Waals surface area contributed by atoms with Crippen LogP contribution in [0.1, 0.15) is 21.6 Å². The van der Waals surface area contributed by atoms with Crippen molar-refractivity contribution in [3.8, 4) is 0 Å². The van der Waals surface area contributed by atoms with E-state index >= 15 is 0 Å². The molecule has 0 unspecified atom stereocenters. The lowest BCUT2D eigenvalue weighted by Crippen LogP contribution is -2.16. The van der Waals surface area contributed by atoms with Crippen molar-refractivity contribution in [1.29, 1.82) is 0 Å². The second kappa shape index (κ2) is 6.96. The van der Waals surface area contributed by atoms with Gasteiger partial charge in [0.1, 0.15) is 5.82 Å². The fourth-order valence-corrected chi connectivity index (χ4v) is 3.44. The highest BCUT2D eigenvalue weighted by atomic mass is 79.9. The number of carbonyl (C=O) groups is 1. The first-order chi connectivity index (χ1) is 13.0. The second-order valence-electron chi connectivity index (χ2n) is 6.26. The van der Waals surface area contributed by atoms with E-state index < -0.39 is 0 Å². The van der Waals surface area contributed by atoms with Crippen molar-refractivity contribution in [2.45, 2.75) is 13.5 Å². The zero-order valence-electron chi connectivity index (χ0n) is 14.8. The minimum atomic E-state index is -0.233. The summed E-state index contributed by atoms with van der Waals surface area (Å²) in [4.78, 5) is 17.1. The molecule has 0 aliphatic heterocycles. The molecule has 0 aliphatic carbocycles. The van der Waals surface area contributed by atoms with Crippen molar-refractivity contribution in [2.75, 3.05) is 5.32 Å². The average molecular weight is 425 g/mol. The van der Waals surface area contributed by atoms with E-state index in [0.717, 1.165) is 26.8 Å². The Hall–Kier alpha value is -3.00. The molecule has 136 valence electrons. The molecule has 0 atom stereocenters. The summed E-state index contributed by atoms with van der Waals surface area (Å²) in [5, 5.41) is 12.4. The van der Waals surface area contributed by atoms with Crippen molar-refractivity contribution in [1.82, 2.24) is 24.5 Å². The van der Waals surface area contributed by atoms with Crippen LogP contribution in [0.5, 0.6) is 0 Å². The van der Waals surface area contributed by atoms with Crippen LogP contribution in [-0.4, -0.2) is 30.5 Å². The monoisotopic (exact) mass is 424 g/mol. The van der Waals surface area contributed by atoms with Crippen molar-refractivity contribution >= 4 is 38.7 Å². The quantitative estimate of drug-likeness (QED) is 0.543. The maximum Gasteiger partial charge on any atom is 0.258 e. The van der Waals surface area contributed by atoms with Crippen LogP contribution in [0.3, 0.4) is 0 Å². The number of aromatic nitrogens is 5. The summed E-state index contributed by atoms with van der Waals surface area (Å²) < 4.78 is 4.46. The molecule has 1 aromatic carbocycles. The third-order valence-corrected chi connectivity index (χ3v) is 4.80. The van der Waals surface area contributed by atoms with Crippen molar-refractivity contribution in [2.24, 2.45) is 7.05 Å². The van der Waals surface area contributed by atoms with Gasteiger partial charge in [-0.1, -0.05) is 28.1 Å². The first kappa shape index (κ1) is 17.4. The highest BCUT2D eigenvalue weighted by Crippen LogP contribution is 2.18. The molecule has 3 aromatic heterocycles. The normalized spacial score (nSPS) is 11.1. The second-order valence-corrected chi connectivity index (χ2v) is 7.18. The minimum Gasteiger partial charge on any atom is -0.307 e. The van der Waals surface area contributed by atoms with Gasteiger partial charge < -0.3 is 5.32 Å². The number of hydrogen-bond donors (Lipinski definition) is 1. The van der Waals surface area contributed by atoms with Crippen molar-refractivity contribution < 1.29 is 4.79 Å². The molecule has 4 aromatic rings. The lowest BCUT2D eigenvalue weighted by Gasteiger charge is -2.09. The van der Waals surface area contributed by atoms with Gasteiger partial charge in [0.05, 0.1) is 24.0 Å². The smallest absolute Gasteiger partial charge is 0.258 e. The van der Waals surface area contributed by atoms with E-state index in [1.54, 1.807) is 27.8 Å². The Labute approximate surface area is 164 Å². The largest absolute Gasteiger partial charge is 0.307 e. The number of hydrogen-bond acceptors (Lipinski definition) is 4. The SMILES string of the molecule is Cc1nn(C)c2ncc(C(=O)Nc3ccnn3Cc3cccc(Br)c3)cc12. The summed E-state index contributed by atoms with van der Waals surface area (Å²) in [6.07, 6.45) is 3.23. The number of amides is 1. The predicted molar refractivity (Wildman–Crippen MR) is 107 cm³/mol. The zero-order valence-corrected chi connectivity index (χ0v) is 16.4. The molecule has 1 amide bonds. The summed E-state index contributed by atoms with van der Waals surface area (Å²) in [6, 6.07) is 11.6. The van der Waals surface area contributed by atoms with Gasteiger partial charge in [0.2, 0.25) is 0 Å². The Morgan fingerprint density at radius 3 is 2.93 bits per heavy atom. The summed E-state index contributed by atoms with van der Waals surface area (Å²) in [7, 11) is 1.84. The Morgan fingerprint density at radius 1 is 1.26 bits per heavy atom. The number of rotatable bonds is 4. The molecule has 4 rings (SSSR count). The van der Waals surface area contributed by atoms with Gasteiger partial charge in [0.15, 0.2) is 5.65 Å². The maximum atomic E-state index is 12.7. The first-order valence-corrected chi connectivity index (χ1v) is 9.17. The number of nitrogens with one attached hydrogen (secondary N) is 1. The number of fused-ring (bicyclic) bond motifs is 1. The van der Waals surface area contributed by atoms with Gasteiger partial charge in [-0.25, -0.2) is 9.67 Å². The van der Waals surface area contributed by atoms with E-state index in [1.165, 1.54) is 0 Å². The van der Waals surface area contributed by atoms with E-state index in [0.29, 0.717) is 17.9 Å². The van der Waals surface area contributed by atoms with Crippen LogP contribution in [0.15, 0.2) is 53.3 Å². The Kier molecular flexibility index (Phi) is 4.49. The van der Waals surface area contributed by atoms with Crippen LogP contribution < -0.4 is 5.32 Å². The van der Waals surface area contributed by atoms with Crippen LogP contribution >= 0.6 is 15.9 Å². The van der Waals surface area contributed by atoms with Crippen LogP contribution in [0.25, 0.3) is 11.0 Å². The molecule has 0 radical (unpaired) electrons. The molecule has 0 saturated heterocycles. The van der Waals surface area contributed by atoms with E-state index in [4.69, 9.17) is 0 Å². The first-order valence-electron chi connectivity index (χ1n) is 8.38. The van der Waals surface area contributed by atoms with Gasteiger partial charge in [-0.15, -0.1) is 0 Å². The van der Waals surface area contributed by atoms with Gasteiger partial charge in [0, 0.05) is 29.2 Å². The van der Waals surface area contributed by atoms with Gasteiger partial charge in [-0.05, 0) is 30.7 Å². The fraction of sp³-hybridized carbons (Fsp3) is 0.158. The number of anilines is 1. The Bertz CT molecular complexity index is 1150. The number of pyridine rings is 1. The molecule has 0 spiro atoms. The fourth-order valence-electron chi connectivity index (χ4n) is 2.99.